The Morgan fingerprint density at radius 3 is 2.53 bits per heavy atom. The summed E-state index contributed by atoms with van der Waals surface area (Å²) in [5, 5.41) is 43.0. The topological polar surface area (TPSA) is 158 Å². The van der Waals surface area contributed by atoms with Crippen molar-refractivity contribution >= 4 is 22.8 Å². The third kappa shape index (κ3) is 4.16. The Balaban J connectivity index is 0.000000220. The lowest BCUT2D eigenvalue weighted by Crippen LogP contribution is -2.47. The Bertz CT molecular complexity index is 963. The second-order valence-electron chi connectivity index (χ2n) is 7.93. The van der Waals surface area contributed by atoms with Crippen molar-refractivity contribution in [1.29, 1.82) is 5.26 Å². The fraction of sp³-hybridized carbons (Fsp3) is 0.476. The molecule has 0 amide bonds. The van der Waals surface area contributed by atoms with Crippen molar-refractivity contribution < 1.29 is 30.0 Å². The van der Waals surface area contributed by atoms with Crippen molar-refractivity contribution in [3.05, 3.63) is 35.5 Å². The molecular weight excluding hydrogens is 390 g/mol. The number of fused-ring (bicyclic) bond motifs is 2. The summed E-state index contributed by atoms with van der Waals surface area (Å²) in [6.07, 6.45) is 0.627. The smallest absolute Gasteiger partial charge is 0.335 e. The highest BCUT2D eigenvalue weighted by molar-refractivity contribution is 5.88. The molecule has 0 saturated carbocycles. The second-order valence-corrected chi connectivity index (χ2v) is 7.93. The third-order valence-corrected chi connectivity index (χ3v) is 6.00. The number of hydrogen-bond donors (Lipinski definition) is 5. The number of carboxylic acid groups (broad SMARTS) is 2. The van der Waals surface area contributed by atoms with Gasteiger partial charge in [-0.15, -0.1) is 0 Å². The number of aromatic nitrogens is 1. The van der Waals surface area contributed by atoms with Crippen LogP contribution in [0.2, 0.25) is 0 Å². The summed E-state index contributed by atoms with van der Waals surface area (Å²) >= 11 is 0. The normalized spacial score (nSPS) is 24.7. The number of nitrogens with one attached hydrogen (secondary N) is 1. The summed E-state index contributed by atoms with van der Waals surface area (Å²) in [6, 6.07) is 9.58. The SMILES string of the molecule is CN1CC(CC#N)CC2c3cccc4[nH]cc(c34)C[C@H]21.O=C(O)C(O)C(O)C(=O)O. The number of likely N-dealkylation sites (N-methyl/N-ethyl adjacent to an activating group) is 1. The molecule has 1 aromatic heterocycles. The van der Waals surface area contributed by atoms with E-state index in [2.05, 4.69) is 47.4 Å². The monoisotopic (exact) mass is 415 g/mol. The van der Waals surface area contributed by atoms with Gasteiger partial charge in [-0.2, -0.15) is 5.26 Å². The Hall–Kier alpha value is -2.93. The molecule has 2 aromatic rings. The average Bonchev–Trinajstić information content (AvgIpc) is 3.13. The number of nitriles is 1. The van der Waals surface area contributed by atoms with Crippen molar-refractivity contribution in [2.75, 3.05) is 13.6 Å². The molecule has 1 aromatic carbocycles. The van der Waals surface area contributed by atoms with Crippen LogP contribution < -0.4 is 0 Å². The molecule has 160 valence electrons. The fourth-order valence-corrected chi connectivity index (χ4v) is 4.60. The van der Waals surface area contributed by atoms with E-state index in [9.17, 15) is 9.59 Å². The molecule has 4 rings (SSSR count). The number of carbonyl (C=O) groups is 2. The summed E-state index contributed by atoms with van der Waals surface area (Å²) in [5.74, 6) is -2.44. The predicted molar refractivity (Wildman–Crippen MR) is 107 cm³/mol. The maximum atomic E-state index is 9.77. The fourth-order valence-electron chi connectivity index (χ4n) is 4.60. The quantitative estimate of drug-likeness (QED) is 0.493. The van der Waals surface area contributed by atoms with Crippen LogP contribution in [0.5, 0.6) is 0 Å². The van der Waals surface area contributed by atoms with Gasteiger partial charge in [0.15, 0.2) is 12.2 Å². The van der Waals surface area contributed by atoms with Gasteiger partial charge in [0.2, 0.25) is 0 Å². The van der Waals surface area contributed by atoms with Crippen LogP contribution in [0.4, 0.5) is 0 Å². The van der Waals surface area contributed by atoms with Crippen molar-refractivity contribution in [3.63, 3.8) is 0 Å². The van der Waals surface area contributed by atoms with Gasteiger partial charge in [0.25, 0.3) is 0 Å². The number of piperidine rings is 1. The van der Waals surface area contributed by atoms with Gasteiger partial charge in [0.05, 0.1) is 6.07 Å². The van der Waals surface area contributed by atoms with Crippen molar-refractivity contribution in [3.8, 4) is 6.07 Å². The standard InChI is InChI=1S/C17H19N3.C4H6O6/c1-20-10-11(5-6-18)7-14-13-3-2-4-15-17(13)12(9-19-15)8-16(14)20;5-1(3(7)8)2(6)4(9)10/h2-4,9,11,14,16,19H,5,7-8,10H2,1H3;1-2,5-6H,(H,7,8)(H,9,10)/t11?,14?,16-;/m1./s1. The molecular formula is C21H25N3O6. The maximum Gasteiger partial charge on any atom is 0.335 e. The minimum Gasteiger partial charge on any atom is -0.479 e. The van der Waals surface area contributed by atoms with Gasteiger partial charge in [-0.25, -0.2) is 9.59 Å². The van der Waals surface area contributed by atoms with Crippen LogP contribution in [0.3, 0.4) is 0 Å². The van der Waals surface area contributed by atoms with Crippen LogP contribution in [0.15, 0.2) is 24.4 Å². The molecule has 0 spiro atoms. The number of H-pyrrole nitrogens is 1. The van der Waals surface area contributed by atoms with Crippen LogP contribution in [0, 0.1) is 17.2 Å². The first-order chi connectivity index (χ1) is 14.2. The first-order valence-corrected chi connectivity index (χ1v) is 9.72. The minimum atomic E-state index is -2.27. The summed E-state index contributed by atoms with van der Waals surface area (Å²) < 4.78 is 0. The van der Waals surface area contributed by atoms with Crippen LogP contribution in [0.1, 0.15) is 29.9 Å². The molecule has 9 heteroatoms. The zero-order valence-corrected chi connectivity index (χ0v) is 16.5. The van der Waals surface area contributed by atoms with E-state index in [-0.39, 0.29) is 0 Å². The number of nitrogens with zero attached hydrogens (tertiary/aromatic N) is 2. The van der Waals surface area contributed by atoms with Crippen molar-refractivity contribution in [2.45, 2.75) is 43.4 Å². The van der Waals surface area contributed by atoms with Gasteiger partial charge in [0.1, 0.15) is 0 Å². The maximum absolute atomic E-state index is 9.77. The van der Waals surface area contributed by atoms with E-state index in [4.69, 9.17) is 25.7 Å². The van der Waals surface area contributed by atoms with E-state index < -0.39 is 24.1 Å². The minimum absolute atomic E-state index is 0.516. The highest BCUT2D eigenvalue weighted by Crippen LogP contribution is 2.44. The molecule has 5 N–H and O–H groups in total. The second kappa shape index (κ2) is 8.83. The average molecular weight is 415 g/mol. The van der Waals surface area contributed by atoms with E-state index in [1.54, 1.807) is 0 Å². The molecule has 1 aliphatic heterocycles. The molecule has 1 fully saturated rings. The van der Waals surface area contributed by atoms with Crippen LogP contribution in [0.25, 0.3) is 10.9 Å². The lowest BCUT2D eigenvalue weighted by Gasteiger charge is -2.45. The first kappa shape index (κ1) is 21.8. The molecule has 2 aliphatic rings. The predicted octanol–water partition coefficient (Wildman–Crippen LogP) is 0.919. The molecule has 2 heterocycles. The molecule has 0 bridgehead atoms. The lowest BCUT2D eigenvalue weighted by molar-refractivity contribution is -0.165. The van der Waals surface area contributed by atoms with E-state index in [1.165, 1.54) is 22.0 Å². The van der Waals surface area contributed by atoms with E-state index in [0.29, 0.717) is 24.3 Å². The summed E-state index contributed by atoms with van der Waals surface area (Å²) in [4.78, 5) is 25.4. The number of likely N-dealkylation sites (tertiary alicyclic amines) is 1. The zero-order chi connectivity index (χ0) is 22.0. The zero-order valence-electron chi connectivity index (χ0n) is 16.5. The number of rotatable bonds is 4. The van der Waals surface area contributed by atoms with Gasteiger partial charge >= 0.3 is 11.9 Å². The molecule has 4 unspecified atom stereocenters. The number of aliphatic hydroxyl groups is 2. The number of aliphatic carboxylic acids is 2. The Morgan fingerprint density at radius 1 is 1.27 bits per heavy atom. The number of hydrogen-bond acceptors (Lipinski definition) is 6. The van der Waals surface area contributed by atoms with Crippen molar-refractivity contribution in [1.82, 2.24) is 9.88 Å². The largest absolute Gasteiger partial charge is 0.479 e. The van der Waals surface area contributed by atoms with Crippen LogP contribution >= 0.6 is 0 Å². The lowest BCUT2D eigenvalue weighted by atomic mass is 9.72. The van der Waals surface area contributed by atoms with Gasteiger partial charge < -0.3 is 30.3 Å². The summed E-state index contributed by atoms with van der Waals surface area (Å²) in [7, 11) is 2.22. The van der Waals surface area contributed by atoms with E-state index >= 15 is 0 Å². The number of aromatic amines is 1. The third-order valence-electron chi connectivity index (χ3n) is 6.00. The van der Waals surface area contributed by atoms with Crippen LogP contribution in [-0.4, -0.2) is 74.1 Å². The first-order valence-electron chi connectivity index (χ1n) is 9.72. The number of benzene rings is 1. The van der Waals surface area contributed by atoms with Gasteiger partial charge in [-0.3, -0.25) is 0 Å². The molecule has 1 saturated heterocycles. The Labute approximate surface area is 173 Å². The molecule has 5 atom stereocenters. The van der Waals surface area contributed by atoms with E-state index in [1.807, 2.05) is 0 Å². The summed E-state index contributed by atoms with van der Waals surface area (Å²) in [6.45, 7) is 1.06. The molecule has 30 heavy (non-hydrogen) atoms. The Kier molecular flexibility index (Phi) is 6.41. The molecule has 9 nitrogen and oxygen atoms in total. The number of aliphatic hydroxyl groups excluding tert-OH is 2. The van der Waals surface area contributed by atoms with Crippen LogP contribution in [-0.2, 0) is 16.0 Å². The highest BCUT2D eigenvalue weighted by Gasteiger charge is 2.39. The summed E-state index contributed by atoms with van der Waals surface area (Å²) in [5.41, 5.74) is 4.22. The highest BCUT2D eigenvalue weighted by atomic mass is 16.4. The molecule has 0 radical (unpaired) electrons. The van der Waals surface area contributed by atoms with Gasteiger partial charge in [-0.05, 0) is 43.0 Å². The van der Waals surface area contributed by atoms with Gasteiger partial charge in [0, 0.05) is 42.0 Å². The van der Waals surface area contributed by atoms with E-state index in [0.717, 1.165) is 19.4 Å². The molecule has 1 aliphatic carbocycles. The van der Waals surface area contributed by atoms with Crippen molar-refractivity contribution in [2.24, 2.45) is 5.92 Å². The van der Waals surface area contributed by atoms with Gasteiger partial charge in [-0.1, -0.05) is 12.1 Å². The Morgan fingerprint density at radius 2 is 1.93 bits per heavy atom. The number of carboxylic acids is 2.